The van der Waals surface area contributed by atoms with Crippen molar-refractivity contribution in [1.82, 2.24) is 4.40 Å². The van der Waals surface area contributed by atoms with Crippen LogP contribution in [0.2, 0.25) is 0 Å². The van der Waals surface area contributed by atoms with Crippen LogP contribution in [0.15, 0.2) is 48.7 Å². The van der Waals surface area contributed by atoms with Crippen molar-refractivity contribution in [2.75, 3.05) is 0 Å². The van der Waals surface area contributed by atoms with E-state index in [0.29, 0.717) is 24.3 Å². The molecule has 1 N–H and O–H groups in total. The van der Waals surface area contributed by atoms with Gasteiger partial charge in [0.25, 0.3) is 0 Å². The lowest BCUT2D eigenvalue weighted by Crippen LogP contribution is -2.09. The Bertz CT molecular complexity index is 1080. The summed E-state index contributed by atoms with van der Waals surface area (Å²) in [6.45, 7) is 0. The Balaban J connectivity index is 2.12. The van der Waals surface area contributed by atoms with Crippen LogP contribution in [0.1, 0.15) is 37.5 Å². The number of rotatable bonds is 3. The largest absolute Gasteiger partial charge is 0.478 e. The van der Waals surface area contributed by atoms with Crippen LogP contribution in [-0.4, -0.2) is 21.3 Å². The maximum Gasteiger partial charge on any atom is 0.416 e. The normalized spacial score (nSPS) is 12.4. The molecule has 3 aromatic rings. The minimum Gasteiger partial charge on any atom is -0.478 e. The summed E-state index contributed by atoms with van der Waals surface area (Å²) in [4.78, 5) is 24.0. The number of nitrogens with zero attached hydrogens (tertiary/aromatic N) is 1. The van der Waals surface area contributed by atoms with E-state index in [2.05, 4.69) is 0 Å². The number of carbonyl (C=O) groups is 2. The van der Waals surface area contributed by atoms with Crippen LogP contribution in [0.5, 0.6) is 0 Å². The summed E-state index contributed by atoms with van der Waals surface area (Å²) in [7, 11) is 0. The van der Waals surface area contributed by atoms with Crippen molar-refractivity contribution < 1.29 is 41.0 Å². The predicted octanol–water partition coefficient (Wildman–Crippen LogP) is 4.91. The van der Waals surface area contributed by atoms with Gasteiger partial charge in [0.1, 0.15) is 0 Å². The van der Waals surface area contributed by atoms with Crippen LogP contribution in [0, 0.1) is 0 Å². The Morgan fingerprint density at radius 1 is 0.821 bits per heavy atom. The van der Waals surface area contributed by atoms with E-state index in [1.807, 2.05) is 0 Å². The lowest BCUT2D eigenvalue weighted by molar-refractivity contribution is -0.138. The monoisotopic (exact) mass is 401 g/mol. The van der Waals surface area contributed by atoms with E-state index in [0.717, 1.165) is 28.8 Å². The smallest absolute Gasteiger partial charge is 0.416 e. The molecule has 0 spiro atoms. The van der Waals surface area contributed by atoms with Crippen molar-refractivity contribution in [3.63, 3.8) is 0 Å². The van der Waals surface area contributed by atoms with E-state index < -0.39 is 40.8 Å². The number of hydrogen-bond donors (Lipinski definition) is 1. The first-order chi connectivity index (χ1) is 12.9. The number of benzene rings is 1. The maximum absolute atomic E-state index is 12.9. The summed E-state index contributed by atoms with van der Waals surface area (Å²) < 4.78 is 77.5. The fourth-order valence-electron chi connectivity index (χ4n) is 2.68. The highest BCUT2D eigenvalue weighted by Gasteiger charge is 2.32. The van der Waals surface area contributed by atoms with Gasteiger partial charge in [0.15, 0.2) is 0 Å². The van der Waals surface area contributed by atoms with Gasteiger partial charge in [-0.2, -0.15) is 26.3 Å². The highest BCUT2D eigenvalue weighted by molar-refractivity contribution is 6.11. The third kappa shape index (κ3) is 3.45. The van der Waals surface area contributed by atoms with Crippen LogP contribution < -0.4 is 0 Å². The van der Waals surface area contributed by atoms with Gasteiger partial charge >= 0.3 is 18.3 Å². The number of hydrogen-bond acceptors (Lipinski definition) is 2. The Kier molecular flexibility index (Phi) is 4.44. The highest BCUT2D eigenvalue weighted by Crippen LogP contribution is 2.32. The van der Waals surface area contributed by atoms with Gasteiger partial charge in [0, 0.05) is 11.8 Å². The second-order valence-corrected chi connectivity index (χ2v) is 5.82. The number of carboxylic acids is 1. The van der Waals surface area contributed by atoms with Crippen molar-refractivity contribution in [1.29, 1.82) is 0 Å². The number of ketones is 1. The lowest BCUT2D eigenvalue weighted by Gasteiger charge is -2.09. The van der Waals surface area contributed by atoms with Crippen LogP contribution in [0.3, 0.4) is 0 Å². The molecule has 3 rings (SSSR count). The molecule has 1 aromatic carbocycles. The van der Waals surface area contributed by atoms with Gasteiger partial charge < -0.3 is 9.51 Å². The number of aromatic carboxylic acids is 1. The Morgan fingerprint density at radius 3 is 1.89 bits per heavy atom. The number of pyridine rings is 1. The van der Waals surface area contributed by atoms with Crippen LogP contribution in [-0.2, 0) is 12.4 Å². The summed E-state index contributed by atoms with van der Waals surface area (Å²) >= 11 is 0. The molecular weight excluding hydrogens is 392 g/mol. The summed E-state index contributed by atoms with van der Waals surface area (Å²) in [6, 6.07) is 5.34. The Labute approximate surface area is 152 Å². The maximum atomic E-state index is 12.9. The van der Waals surface area contributed by atoms with Crippen molar-refractivity contribution in [2.45, 2.75) is 12.4 Å². The van der Waals surface area contributed by atoms with Crippen molar-refractivity contribution in [2.24, 2.45) is 0 Å². The van der Waals surface area contributed by atoms with Crippen molar-refractivity contribution >= 4 is 17.3 Å². The summed E-state index contributed by atoms with van der Waals surface area (Å²) in [5, 5.41) is 9.24. The molecule has 28 heavy (non-hydrogen) atoms. The fourth-order valence-corrected chi connectivity index (χ4v) is 2.68. The molecule has 0 aliphatic carbocycles. The minimum absolute atomic E-state index is 0.177. The summed E-state index contributed by atoms with van der Waals surface area (Å²) in [5.41, 5.74) is -3.46. The highest BCUT2D eigenvalue weighted by atomic mass is 19.4. The molecule has 10 heteroatoms. The van der Waals surface area contributed by atoms with Crippen molar-refractivity contribution in [3.8, 4) is 0 Å². The average Bonchev–Trinajstić information content (AvgIpc) is 2.99. The molecule has 0 aliphatic heterocycles. The van der Waals surface area contributed by atoms with Gasteiger partial charge in [-0.05, 0) is 30.3 Å². The Morgan fingerprint density at radius 2 is 1.39 bits per heavy atom. The Hall–Kier alpha value is -3.30. The summed E-state index contributed by atoms with van der Waals surface area (Å²) in [6.07, 6.45) is -8.44. The molecule has 2 heterocycles. The first-order valence-corrected chi connectivity index (χ1v) is 7.57. The molecule has 0 atom stereocenters. The summed E-state index contributed by atoms with van der Waals surface area (Å²) in [5.74, 6) is -2.39. The van der Waals surface area contributed by atoms with Gasteiger partial charge in [-0.1, -0.05) is 12.1 Å². The molecule has 0 saturated carbocycles. The third-order valence-corrected chi connectivity index (χ3v) is 4.04. The van der Waals surface area contributed by atoms with E-state index in [1.165, 1.54) is 0 Å². The fraction of sp³-hybridized carbons (Fsp3) is 0.111. The molecule has 0 radical (unpaired) electrons. The molecule has 2 aromatic heterocycles. The van der Waals surface area contributed by atoms with E-state index in [1.54, 1.807) is 0 Å². The molecule has 0 saturated heterocycles. The average molecular weight is 401 g/mol. The van der Waals surface area contributed by atoms with Gasteiger partial charge in [0.2, 0.25) is 5.78 Å². The molecule has 4 nitrogen and oxygen atoms in total. The standard InChI is InChI=1S/C18H9F6NO3/c19-17(20,21)10-3-1-9(2-4-10)15(26)14-8-12(16(27)28)13-7-11(18(22,23)24)5-6-25(13)14/h1-8H,(H,27,28). The van der Waals surface area contributed by atoms with Gasteiger partial charge in [-0.3, -0.25) is 4.79 Å². The number of fused-ring (bicyclic) bond motifs is 1. The zero-order valence-electron chi connectivity index (χ0n) is 13.6. The lowest BCUT2D eigenvalue weighted by atomic mass is 10.1. The second-order valence-electron chi connectivity index (χ2n) is 5.82. The zero-order valence-corrected chi connectivity index (χ0v) is 13.6. The number of aromatic nitrogens is 1. The van der Waals surface area contributed by atoms with Crippen LogP contribution in [0.4, 0.5) is 26.3 Å². The van der Waals surface area contributed by atoms with Gasteiger partial charge in [-0.25, -0.2) is 4.79 Å². The molecule has 0 bridgehead atoms. The predicted molar refractivity (Wildman–Crippen MR) is 84.2 cm³/mol. The molecule has 0 fully saturated rings. The molecule has 0 unspecified atom stereocenters. The second kappa shape index (κ2) is 6.39. The SMILES string of the molecule is O=C(O)c1cc(C(=O)c2ccc(C(F)(F)F)cc2)n2ccc(C(F)(F)F)cc12. The number of alkyl halides is 6. The van der Waals surface area contributed by atoms with E-state index in [4.69, 9.17) is 0 Å². The molecular formula is C18H9F6NO3. The number of carboxylic acid groups (broad SMARTS) is 1. The van der Waals surface area contributed by atoms with Crippen LogP contribution >= 0.6 is 0 Å². The number of halogens is 6. The van der Waals surface area contributed by atoms with Gasteiger partial charge in [0.05, 0.1) is 27.9 Å². The minimum atomic E-state index is -4.72. The molecule has 0 amide bonds. The quantitative estimate of drug-likeness (QED) is 0.501. The van der Waals surface area contributed by atoms with Crippen LogP contribution in [0.25, 0.3) is 5.52 Å². The van der Waals surface area contributed by atoms with Crippen molar-refractivity contribution in [3.05, 3.63) is 76.6 Å². The zero-order chi connectivity index (χ0) is 20.9. The third-order valence-electron chi connectivity index (χ3n) is 4.04. The van der Waals surface area contributed by atoms with E-state index in [9.17, 15) is 41.0 Å². The molecule has 0 aliphatic rings. The van der Waals surface area contributed by atoms with E-state index >= 15 is 0 Å². The first-order valence-electron chi connectivity index (χ1n) is 7.57. The topological polar surface area (TPSA) is 58.8 Å². The van der Waals surface area contributed by atoms with Gasteiger partial charge in [-0.15, -0.1) is 0 Å². The molecule has 146 valence electrons. The number of carbonyl (C=O) groups excluding carboxylic acids is 1. The van der Waals surface area contributed by atoms with E-state index in [-0.39, 0.29) is 16.8 Å². The first kappa shape index (κ1) is 19.5.